The maximum absolute atomic E-state index is 6.07. The van der Waals surface area contributed by atoms with Crippen molar-refractivity contribution in [2.75, 3.05) is 0 Å². The average Bonchev–Trinajstić information content (AvgIpc) is 2.84. The normalized spacial score (nSPS) is 14.8. The summed E-state index contributed by atoms with van der Waals surface area (Å²) in [5.74, 6) is 0. The van der Waals surface area contributed by atoms with Crippen LogP contribution >= 0.6 is 23.1 Å². The van der Waals surface area contributed by atoms with Gasteiger partial charge in [-0.15, -0.1) is 21.5 Å². The first kappa shape index (κ1) is 12.6. The smallest absolute Gasteiger partial charge is 0.191 e. The molecule has 2 aromatic rings. The van der Waals surface area contributed by atoms with Crippen LogP contribution in [0.15, 0.2) is 23.6 Å². The zero-order chi connectivity index (χ0) is 12.4. The lowest BCUT2D eigenvalue weighted by Crippen LogP contribution is -2.22. The summed E-state index contributed by atoms with van der Waals surface area (Å²) in [5.41, 5.74) is 6.07. The number of thiophene rings is 1. The van der Waals surface area contributed by atoms with E-state index in [-0.39, 0.29) is 11.3 Å². The van der Waals surface area contributed by atoms with Gasteiger partial charge in [-0.05, 0) is 26.0 Å². The Morgan fingerprint density at radius 2 is 2.24 bits per heavy atom. The SMILES string of the molecule is Cc1ccc(C(Sc2nncn2C)C(C)N)s1. The zero-order valence-corrected chi connectivity index (χ0v) is 11.8. The molecule has 0 aliphatic rings. The highest BCUT2D eigenvalue weighted by Gasteiger charge is 2.21. The van der Waals surface area contributed by atoms with Gasteiger partial charge in [0.15, 0.2) is 5.16 Å². The maximum Gasteiger partial charge on any atom is 0.191 e. The third-order valence-corrected chi connectivity index (χ3v) is 5.17. The predicted molar refractivity (Wildman–Crippen MR) is 72.3 cm³/mol. The Hall–Kier alpha value is -0.850. The molecular formula is C11H16N4S2. The van der Waals surface area contributed by atoms with E-state index in [0.29, 0.717) is 0 Å². The second-order valence-electron chi connectivity index (χ2n) is 4.07. The first-order valence-corrected chi connectivity index (χ1v) is 7.10. The van der Waals surface area contributed by atoms with Gasteiger partial charge in [0.2, 0.25) is 0 Å². The van der Waals surface area contributed by atoms with Crippen LogP contribution in [0, 0.1) is 6.92 Å². The summed E-state index contributed by atoms with van der Waals surface area (Å²) >= 11 is 3.46. The number of nitrogens with zero attached hydrogens (tertiary/aromatic N) is 3. The molecule has 6 heteroatoms. The molecule has 0 aliphatic heterocycles. The van der Waals surface area contributed by atoms with Crippen LogP contribution in [0.2, 0.25) is 0 Å². The monoisotopic (exact) mass is 268 g/mol. The van der Waals surface area contributed by atoms with Gasteiger partial charge in [-0.1, -0.05) is 11.8 Å². The summed E-state index contributed by atoms with van der Waals surface area (Å²) in [5, 5.41) is 9.12. The Bertz CT molecular complexity index is 489. The molecule has 92 valence electrons. The van der Waals surface area contributed by atoms with Crippen LogP contribution in [0.1, 0.15) is 21.9 Å². The molecule has 0 aromatic carbocycles. The van der Waals surface area contributed by atoms with E-state index in [4.69, 9.17) is 5.73 Å². The molecule has 0 bridgehead atoms. The van der Waals surface area contributed by atoms with Crippen molar-refractivity contribution in [2.24, 2.45) is 12.8 Å². The second-order valence-corrected chi connectivity index (χ2v) is 6.50. The molecule has 2 N–H and O–H groups in total. The number of nitrogens with two attached hydrogens (primary N) is 1. The van der Waals surface area contributed by atoms with Crippen molar-refractivity contribution < 1.29 is 0 Å². The molecule has 0 saturated carbocycles. The summed E-state index contributed by atoms with van der Waals surface area (Å²) in [7, 11) is 1.94. The summed E-state index contributed by atoms with van der Waals surface area (Å²) in [6.07, 6.45) is 1.71. The Morgan fingerprint density at radius 1 is 1.47 bits per heavy atom. The molecule has 2 atom stereocenters. The quantitative estimate of drug-likeness (QED) is 0.865. The first-order chi connectivity index (χ1) is 8.08. The van der Waals surface area contributed by atoms with Gasteiger partial charge in [0, 0.05) is 22.8 Å². The number of rotatable bonds is 4. The minimum Gasteiger partial charge on any atom is -0.327 e. The maximum atomic E-state index is 6.07. The van der Waals surface area contributed by atoms with E-state index in [9.17, 15) is 0 Å². The standard InChI is InChI=1S/C11H16N4S2/c1-7-4-5-9(16-7)10(8(2)12)17-11-14-13-6-15(11)3/h4-6,8,10H,12H2,1-3H3. The molecule has 0 spiro atoms. The fourth-order valence-electron chi connectivity index (χ4n) is 1.52. The van der Waals surface area contributed by atoms with E-state index in [1.807, 2.05) is 18.5 Å². The Morgan fingerprint density at radius 3 is 2.71 bits per heavy atom. The van der Waals surface area contributed by atoms with Gasteiger partial charge in [-0.3, -0.25) is 0 Å². The van der Waals surface area contributed by atoms with E-state index in [1.165, 1.54) is 9.75 Å². The third-order valence-electron chi connectivity index (χ3n) is 2.42. The van der Waals surface area contributed by atoms with Gasteiger partial charge in [0.1, 0.15) is 6.33 Å². The van der Waals surface area contributed by atoms with Crippen LogP contribution in [0.3, 0.4) is 0 Å². The second kappa shape index (κ2) is 5.20. The van der Waals surface area contributed by atoms with Crippen LogP contribution < -0.4 is 5.73 Å². The van der Waals surface area contributed by atoms with Crippen LogP contribution in [-0.4, -0.2) is 20.8 Å². The molecule has 4 nitrogen and oxygen atoms in total. The Balaban J connectivity index is 2.22. The lowest BCUT2D eigenvalue weighted by molar-refractivity contribution is 0.717. The molecular weight excluding hydrogens is 252 g/mol. The zero-order valence-electron chi connectivity index (χ0n) is 10.1. The van der Waals surface area contributed by atoms with Gasteiger partial charge in [-0.2, -0.15) is 0 Å². The summed E-state index contributed by atoms with van der Waals surface area (Å²) in [4.78, 5) is 2.61. The fraction of sp³-hybridized carbons (Fsp3) is 0.455. The van der Waals surface area contributed by atoms with Crippen molar-refractivity contribution >= 4 is 23.1 Å². The molecule has 0 saturated heterocycles. The summed E-state index contributed by atoms with van der Waals surface area (Å²) < 4.78 is 1.92. The highest BCUT2D eigenvalue weighted by molar-refractivity contribution is 7.99. The minimum absolute atomic E-state index is 0.0785. The van der Waals surface area contributed by atoms with Crippen molar-refractivity contribution in [3.05, 3.63) is 28.2 Å². The van der Waals surface area contributed by atoms with Crippen molar-refractivity contribution in [3.8, 4) is 0 Å². The van der Waals surface area contributed by atoms with Crippen LogP contribution in [0.4, 0.5) is 0 Å². The van der Waals surface area contributed by atoms with E-state index in [2.05, 4.69) is 29.3 Å². The van der Waals surface area contributed by atoms with E-state index >= 15 is 0 Å². The Kier molecular flexibility index (Phi) is 3.86. The summed E-state index contributed by atoms with van der Waals surface area (Å²) in [6, 6.07) is 4.36. The van der Waals surface area contributed by atoms with Crippen molar-refractivity contribution in [3.63, 3.8) is 0 Å². The van der Waals surface area contributed by atoms with Crippen molar-refractivity contribution in [1.29, 1.82) is 0 Å². The molecule has 2 aromatic heterocycles. The van der Waals surface area contributed by atoms with Gasteiger partial charge in [0.25, 0.3) is 0 Å². The molecule has 17 heavy (non-hydrogen) atoms. The van der Waals surface area contributed by atoms with Crippen molar-refractivity contribution in [2.45, 2.75) is 30.3 Å². The van der Waals surface area contributed by atoms with Crippen LogP contribution in [0.25, 0.3) is 0 Å². The molecule has 0 fully saturated rings. The molecule has 2 rings (SSSR count). The van der Waals surface area contributed by atoms with Gasteiger partial charge in [0.05, 0.1) is 5.25 Å². The van der Waals surface area contributed by atoms with E-state index in [1.54, 1.807) is 29.4 Å². The summed E-state index contributed by atoms with van der Waals surface area (Å²) in [6.45, 7) is 4.14. The largest absolute Gasteiger partial charge is 0.327 e. The lowest BCUT2D eigenvalue weighted by Gasteiger charge is -2.18. The molecule has 2 unspecified atom stereocenters. The van der Waals surface area contributed by atoms with E-state index < -0.39 is 0 Å². The van der Waals surface area contributed by atoms with Crippen LogP contribution in [0.5, 0.6) is 0 Å². The van der Waals surface area contributed by atoms with Gasteiger partial charge >= 0.3 is 0 Å². The molecule has 0 radical (unpaired) electrons. The Labute approximate surface area is 109 Å². The number of hydrogen-bond donors (Lipinski definition) is 1. The fourth-order valence-corrected chi connectivity index (χ4v) is 3.73. The topological polar surface area (TPSA) is 56.7 Å². The van der Waals surface area contributed by atoms with Gasteiger partial charge in [-0.25, -0.2) is 0 Å². The highest BCUT2D eigenvalue weighted by Crippen LogP contribution is 2.38. The van der Waals surface area contributed by atoms with Crippen LogP contribution in [-0.2, 0) is 7.05 Å². The minimum atomic E-state index is 0.0785. The number of thioether (sulfide) groups is 1. The number of aryl methyl sites for hydroxylation is 2. The third kappa shape index (κ3) is 2.88. The van der Waals surface area contributed by atoms with Gasteiger partial charge < -0.3 is 10.3 Å². The molecule has 2 heterocycles. The van der Waals surface area contributed by atoms with E-state index in [0.717, 1.165) is 5.16 Å². The van der Waals surface area contributed by atoms with Crippen molar-refractivity contribution in [1.82, 2.24) is 14.8 Å². The first-order valence-electron chi connectivity index (χ1n) is 5.40. The number of aromatic nitrogens is 3. The average molecular weight is 268 g/mol. The molecule has 0 aliphatic carbocycles. The predicted octanol–water partition coefficient (Wildman–Crippen LogP) is 2.37. The number of hydrogen-bond acceptors (Lipinski definition) is 5. The lowest BCUT2D eigenvalue weighted by atomic mass is 10.2. The highest BCUT2D eigenvalue weighted by atomic mass is 32.2. The molecule has 0 amide bonds.